The van der Waals surface area contributed by atoms with Crippen LogP contribution in [0.25, 0.3) is 0 Å². The zero-order valence-corrected chi connectivity index (χ0v) is 10.3. The molecular formula is C14H26O. The Bertz CT molecular complexity index is 194. The molecule has 0 aliphatic heterocycles. The molecule has 1 nitrogen and oxygen atoms in total. The van der Waals surface area contributed by atoms with Crippen molar-refractivity contribution in [3.63, 3.8) is 0 Å². The minimum atomic E-state index is -0.162. The van der Waals surface area contributed by atoms with E-state index in [-0.39, 0.29) is 6.10 Å². The third-order valence-electron chi connectivity index (χ3n) is 3.27. The van der Waals surface area contributed by atoms with Gasteiger partial charge in [-0.05, 0) is 50.0 Å². The van der Waals surface area contributed by atoms with E-state index in [1.54, 1.807) is 0 Å². The Morgan fingerprint density at radius 1 is 1.13 bits per heavy atom. The van der Waals surface area contributed by atoms with Gasteiger partial charge in [0.15, 0.2) is 0 Å². The molecule has 0 amide bonds. The van der Waals surface area contributed by atoms with Crippen molar-refractivity contribution >= 4 is 0 Å². The van der Waals surface area contributed by atoms with Crippen molar-refractivity contribution in [1.82, 2.24) is 0 Å². The molecule has 0 radical (unpaired) electrons. The first kappa shape index (κ1) is 12.8. The van der Waals surface area contributed by atoms with Gasteiger partial charge in [0.05, 0.1) is 6.10 Å². The Morgan fingerprint density at radius 2 is 1.87 bits per heavy atom. The van der Waals surface area contributed by atoms with Crippen molar-refractivity contribution in [2.45, 2.75) is 71.3 Å². The maximum atomic E-state index is 10.1. The van der Waals surface area contributed by atoms with Crippen molar-refractivity contribution in [1.29, 1.82) is 0 Å². The predicted octanol–water partition coefficient (Wildman–Crippen LogP) is 4.06. The summed E-state index contributed by atoms with van der Waals surface area (Å²) >= 11 is 0. The van der Waals surface area contributed by atoms with Crippen LogP contribution < -0.4 is 0 Å². The molecule has 88 valence electrons. The highest BCUT2D eigenvalue weighted by atomic mass is 16.3. The van der Waals surface area contributed by atoms with Crippen LogP contribution in [-0.4, -0.2) is 11.2 Å². The lowest BCUT2D eigenvalue weighted by Gasteiger charge is -2.18. The maximum Gasteiger partial charge on any atom is 0.0750 e. The van der Waals surface area contributed by atoms with E-state index in [0.29, 0.717) is 5.92 Å². The summed E-state index contributed by atoms with van der Waals surface area (Å²) in [5.74, 6) is 0.703. The summed E-state index contributed by atoms with van der Waals surface area (Å²) in [5.41, 5.74) is 1.32. The molecule has 1 N–H and O–H groups in total. The van der Waals surface area contributed by atoms with Gasteiger partial charge in [-0.1, -0.05) is 32.8 Å². The summed E-state index contributed by atoms with van der Waals surface area (Å²) in [7, 11) is 0. The summed E-state index contributed by atoms with van der Waals surface area (Å²) in [6.45, 7) is 4.44. The van der Waals surface area contributed by atoms with Gasteiger partial charge in [-0.15, -0.1) is 0 Å². The van der Waals surface area contributed by atoms with Gasteiger partial charge in [-0.25, -0.2) is 0 Å². The van der Waals surface area contributed by atoms with Crippen LogP contribution in [0, 0.1) is 5.92 Å². The van der Waals surface area contributed by atoms with Gasteiger partial charge >= 0.3 is 0 Å². The van der Waals surface area contributed by atoms with E-state index < -0.39 is 0 Å². The van der Waals surface area contributed by atoms with Crippen LogP contribution in [0.4, 0.5) is 0 Å². The Labute approximate surface area is 94.6 Å². The first-order valence-electron chi connectivity index (χ1n) is 6.57. The molecule has 1 unspecified atom stereocenters. The molecule has 1 aliphatic carbocycles. The normalized spacial score (nSPS) is 20.7. The molecule has 1 rings (SSSR count). The molecule has 1 atom stereocenters. The minimum absolute atomic E-state index is 0.162. The summed E-state index contributed by atoms with van der Waals surface area (Å²) in [6, 6.07) is 0. The van der Waals surface area contributed by atoms with Gasteiger partial charge in [0.25, 0.3) is 0 Å². The summed E-state index contributed by atoms with van der Waals surface area (Å²) in [6.07, 6.45) is 11.8. The van der Waals surface area contributed by atoms with E-state index >= 15 is 0 Å². The predicted molar refractivity (Wildman–Crippen MR) is 65.9 cm³/mol. The maximum absolute atomic E-state index is 10.1. The average Bonchev–Trinajstić information content (AvgIpc) is 2.13. The van der Waals surface area contributed by atoms with Gasteiger partial charge in [0, 0.05) is 0 Å². The van der Waals surface area contributed by atoms with Crippen LogP contribution in [0.1, 0.15) is 65.2 Å². The SMILES string of the molecule is CC(C)CCC(O)C1=CCCCCCC1. The molecule has 0 bridgehead atoms. The number of allylic oxidation sites excluding steroid dienone is 1. The monoisotopic (exact) mass is 210 g/mol. The Morgan fingerprint density at radius 3 is 2.60 bits per heavy atom. The molecule has 0 aromatic carbocycles. The van der Waals surface area contributed by atoms with Crippen molar-refractivity contribution in [3.8, 4) is 0 Å². The van der Waals surface area contributed by atoms with Gasteiger partial charge in [-0.3, -0.25) is 0 Å². The Balaban J connectivity index is 2.37. The third-order valence-corrected chi connectivity index (χ3v) is 3.27. The Hall–Kier alpha value is -0.300. The summed E-state index contributed by atoms with van der Waals surface area (Å²) < 4.78 is 0. The number of hydrogen-bond acceptors (Lipinski definition) is 1. The van der Waals surface area contributed by atoms with Crippen LogP contribution in [0.5, 0.6) is 0 Å². The Kier molecular flexibility index (Phi) is 6.00. The molecule has 0 spiro atoms. The molecule has 0 heterocycles. The zero-order valence-electron chi connectivity index (χ0n) is 10.3. The number of rotatable bonds is 4. The van der Waals surface area contributed by atoms with E-state index in [1.165, 1.54) is 37.7 Å². The summed E-state index contributed by atoms with van der Waals surface area (Å²) in [4.78, 5) is 0. The zero-order chi connectivity index (χ0) is 11.1. The van der Waals surface area contributed by atoms with Crippen LogP contribution >= 0.6 is 0 Å². The lowest BCUT2D eigenvalue weighted by molar-refractivity contribution is 0.185. The van der Waals surface area contributed by atoms with Crippen LogP contribution in [0.2, 0.25) is 0 Å². The van der Waals surface area contributed by atoms with E-state index in [1.807, 2.05) is 0 Å². The van der Waals surface area contributed by atoms with Gasteiger partial charge in [0.1, 0.15) is 0 Å². The fourth-order valence-corrected chi connectivity index (χ4v) is 2.20. The standard InChI is InChI=1S/C14H26O/c1-12(2)10-11-14(15)13-8-6-4-3-5-7-9-13/h8,12,14-15H,3-7,9-11H2,1-2H3. The number of aliphatic hydroxyl groups excluding tert-OH is 1. The molecule has 0 aromatic heterocycles. The molecule has 0 saturated carbocycles. The van der Waals surface area contributed by atoms with Gasteiger partial charge in [0.2, 0.25) is 0 Å². The molecular weight excluding hydrogens is 184 g/mol. The molecule has 1 heteroatoms. The average molecular weight is 210 g/mol. The summed E-state index contributed by atoms with van der Waals surface area (Å²) in [5, 5.41) is 10.1. The molecule has 1 aliphatic rings. The smallest absolute Gasteiger partial charge is 0.0750 e. The molecule has 0 aromatic rings. The second-order valence-electron chi connectivity index (χ2n) is 5.22. The van der Waals surface area contributed by atoms with E-state index in [9.17, 15) is 5.11 Å². The highest BCUT2D eigenvalue weighted by Gasteiger charge is 2.12. The van der Waals surface area contributed by atoms with Crippen LogP contribution in [0.3, 0.4) is 0 Å². The van der Waals surface area contributed by atoms with Crippen molar-refractivity contribution < 1.29 is 5.11 Å². The highest BCUT2D eigenvalue weighted by molar-refractivity contribution is 5.08. The lowest BCUT2D eigenvalue weighted by Crippen LogP contribution is -2.12. The quantitative estimate of drug-likeness (QED) is 0.694. The third kappa shape index (κ3) is 5.36. The molecule has 0 fully saturated rings. The van der Waals surface area contributed by atoms with Gasteiger partial charge < -0.3 is 5.11 Å². The fraction of sp³-hybridized carbons (Fsp3) is 0.857. The number of aliphatic hydroxyl groups is 1. The first-order valence-corrected chi connectivity index (χ1v) is 6.57. The highest BCUT2D eigenvalue weighted by Crippen LogP contribution is 2.22. The second kappa shape index (κ2) is 7.05. The fourth-order valence-electron chi connectivity index (χ4n) is 2.20. The van der Waals surface area contributed by atoms with Crippen molar-refractivity contribution in [2.75, 3.05) is 0 Å². The van der Waals surface area contributed by atoms with Crippen LogP contribution in [-0.2, 0) is 0 Å². The van der Waals surface area contributed by atoms with E-state index in [2.05, 4.69) is 19.9 Å². The van der Waals surface area contributed by atoms with Crippen molar-refractivity contribution in [3.05, 3.63) is 11.6 Å². The minimum Gasteiger partial charge on any atom is -0.389 e. The topological polar surface area (TPSA) is 20.2 Å². The second-order valence-corrected chi connectivity index (χ2v) is 5.22. The largest absolute Gasteiger partial charge is 0.389 e. The van der Waals surface area contributed by atoms with Crippen molar-refractivity contribution in [2.24, 2.45) is 5.92 Å². The van der Waals surface area contributed by atoms with E-state index in [4.69, 9.17) is 0 Å². The van der Waals surface area contributed by atoms with Gasteiger partial charge in [-0.2, -0.15) is 0 Å². The molecule has 15 heavy (non-hydrogen) atoms. The molecule has 0 saturated heterocycles. The number of hydrogen-bond donors (Lipinski definition) is 1. The lowest BCUT2D eigenvalue weighted by atomic mass is 9.93. The van der Waals surface area contributed by atoms with E-state index in [0.717, 1.165) is 19.3 Å². The first-order chi connectivity index (χ1) is 7.20. The van der Waals surface area contributed by atoms with Crippen LogP contribution in [0.15, 0.2) is 11.6 Å².